The number of aromatic nitrogens is 2. The zero-order valence-corrected chi connectivity index (χ0v) is 15.5. The van der Waals surface area contributed by atoms with Gasteiger partial charge in [0.05, 0.1) is 12.1 Å². The number of ether oxygens (including phenoxy) is 1. The third kappa shape index (κ3) is 4.57. The Kier molecular flexibility index (Phi) is 5.65. The molecule has 0 radical (unpaired) electrons. The molecule has 3 rings (SSSR count). The fourth-order valence-electron chi connectivity index (χ4n) is 2.51. The highest BCUT2D eigenvalue weighted by atomic mass is 79.9. The summed E-state index contributed by atoms with van der Waals surface area (Å²) in [7, 11) is 0. The van der Waals surface area contributed by atoms with Crippen molar-refractivity contribution >= 4 is 15.9 Å². The third-order valence-corrected chi connectivity index (χ3v) is 4.51. The van der Waals surface area contributed by atoms with Gasteiger partial charge in [-0.1, -0.05) is 48.5 Å². The molecule has 0 bridgehead atoms. The Morgan fingerprint density at radius 1 is 1.04 bits per heavy atom. The van der Waals surface area contributed by atoms with Crippen LogP contribution in [0, 0.1) is 0 Å². The normalized spacial score (nSPS) is 11.4. The molecule has 8 heteroatoms. The maximum absolute atomic E-state index is 13.0. The number of hydrogen-bond donors (Lipinski definition) is 0. The topological polar surface area (TPSA) is 44.1 Å². The molecule has 0 amide bonds. The van der Waals surface area contributed by atoms with Crippen molar-refractivity contribution in [1.82, 2.24) is 9.55 Å². The van der Waals surface area contributed by atoms with E-state index in [4.69, 9.17) is 4.74 Å². The van der Waals surface area contributed by atoms with Crippen LogP contribution < -0.4 is 10.3 Å². The average Bonchev–Trinajstić information content (AvgIpc) is 2.65. The van der Waals surface area contributed by atoms with Crippen molar-refractivity contribution in [3.05, 3.63) is 92.4 Å². The van der Waals surface area contributed by atoms with Gasteiger partial charge >= 0.3 is 6.18 Å². The fraction of sp³-hybridized carbons (Fsp3) is 0.158. The molecule has 0 aliphatic rings. The van der Waals surface area contributed by atoms with Gasteiger partial charge in [-0.3, -0.25) is 9.36 Å². The highest BCUT2D eigenvalue weighted by Crippen LogP contribution is 2.32. The number of hydrogen-bond acceptors (Lipinski definition) is 3. The van der Waals surface area contributed by atoms with Gasteiger partial charge in [-0.05, 0) is 27.6 Å². The third-order valence-electron chi connectivity index (χ3n) is 3.83. The molecule has 0 saturated heterocycles. The lowest BCUT2D eigenvalue weighted by Crippen LogP contribution is -2.22. The summed E-state index contributed by atoms with van der Waals surface area (Å²) < 4.78 is 45.9. The second kappa shape index (κ2) is 7.96. The molecule has 0 saturated carbocycles. The van der Waals surface area contributed by atoms with E-state index in [-0.39, 0.29) is 28.1 Å². The van der Waals surface area contributed by atoms with E-state index in [0.717, 1.165) is 11.6 Å². The monoisotopic (exact) mass is 438 g/mol. The molecule has 27 heavy (non-hydrogen) atoms. The molecule has 3 aromatic rings. The molecular weight excluding hydrogens is 425 g/mol. The van der Waals surface area contributed by atoms with Crippen LogP contribution in [0.15, 0.2) is 70.2 Å². The van der Waals surface area contributed by atoms with Gasteiger partial charge in [0.1, 0.15) is 17.4 Å². The molecule has 1 aromatic heterocycles. The summed E-state index contributed by atoms with van der Waals surface area (Å²) in [5.74, 6) is -0.0544. The van der Waals surface area contributed by atoms with Crippen LogP contribution >= 0.6 is 15.9 Å². The second-order valence-electron chi connectivity index (χ2n) is 5.73. The SMILES string of the molecule is O=c1c(Br)c(OCc2ccccc2C(F)(F)F)ncn1Cc1ccccc1. The van der Waals surface area contributed by atoms with E-state index in [9.17, 15) is 18.0 Å². The van der Waals surface area contributed by atoms with Crippen molar-refractivity contribution in [3.8, 4) is 5.88 Å². The number of rotatable bonds is 5. The molecular formula is C19H14BrF3N2O2. The first-order chi connectivity index (χ1) is 12.9. The molecule has 0 unspecified atom stereocenters. The van der Waals surface area contributed by atoms with Crippen molar-refractivity contribution in [1.29, 1.82) is 0 Å². The maximum atomic E-state index is 13.0. The molecule has 1 heterocycles. The molecule has 140 valence electrons. The smallest absolute Gasteiger partial charge is 0.416 e. The molecule has 4 nitrogen and oxygen atoms in total. The van der Waals surface area contributed by atoms with Gasteiger partial charge in [0.25, 0.3) is 5.56 Å². The van der Waals surface area contributed by atoms with Gasteiger partial charge in [-0.25, -0.2) is 4.98 Å². The van der Waals surface area contributed by atoms with Gasteiger partial charge in [0.2, 0.25) is 5.88 Å². The summed E-state index contributed by atoms with van der Waals surface area (Å²) in [6, 6.07) is 14.5. The van der Waals surface area contributed by atoms with Crippen molar-refractivity contribution in [2.45, 2.75) is 19.3 Å². The maximum Gasteiger partial charge on any atom is 0.416 e. The first-order valence-corrected chi connectivity index (χ1v) is 8.72. The minimum absolute atomic E-state index is 0.0350. The van der Waals surface area contributed by atoms with Crippen molar-refractivity contribution < 1.29 is 17.9 Å². The van der Waals surface area contributed by atoms with Crippen LogP contribution in [0.25, 0.3) is 0 Å². The van der Waals surface area contributed by atoms with Crippen LogP contribution in [0.4, 0.5) is 13.2 Å². The zero-order valence-electron chi connectivity index (χ0n) is 13.9. The van der Waals surface area contributed by atoms with Crippen molar-refractivity contribution in [3.63, 3.8) is 0 Å². The Balaban J connectivity index is 1.80. The quantitative estimate of drug-likeness (QED) is 0.582. The van der Waals surface area contributed by atoms with Crippen molar-refractivity contribution in [2.24, 2.45) is 0 Å². The summed E-state index contributed by atoms with van der Waals surface area (Å²) in [5.41, 5.74) is -0.278. The number of halogens is 4. The average molecular weight is 439 g/mol. The van der Waals surface area contributed by atoms with Crippen LogP contribution in [0.1, 0.15) is 16.7 Å². The van der Waals surface area contributed by atoms with Gasteiger partial charge in [-0.2, -0.15) is 13.2 Å². The summed E-state index contributed by atoms with van der Waals surface area (Å²) in [6.07, 6.45) is -3.17. The Labute approximate surface area is 161 Å². The van der Waals surface area contributed by atoms with E-state index in [0.29, 0.717) is 6.54 Å². The minimum Gasteiger partial charge on any atom is -0.472 e. The van der Waals surface area contributed by atoms with Crippen LogP contribution in [0.2, 0.25) is 0 Å². The first kappa shape index (κ1) is 19.2. The Morgan fingerprint density at radius 2 is 1.70 bits per heavy atom. The van der Waals surface area contributed by atoms with Crippen molar-refractivity contribution in [2.75, 3.05) is 0 Å². The van der Waals surface area contributed by atoms with Crippen LogP contribution in [-0.4, -0.2) is 9.55 Å². The Morgan fingerprint density at radius 3 is 2.41 bits per heavy atom. The summed E-state index contributed by atoms with van der Waals surface area (Å²) in [5, 5.41) is 0. The number of benzene rings is 2. The molecule has 2 aromatic carbocycles. The van der Waals surface area contributed by atoms with Crippen LogP contribution in [0.3, 0.4) is 0 Å². The van der Waals surface area contributed by atoms with E-state index in [1.54, 1.807) is 0 Å². The Bertz CT molecular complexity index is 988. The minimum atomic E-state index is -4.48. The molecule has 0 aliphatic carbocycles. The molecule has 0 spiro atoms. The fourth-order valence-corrected chi connectivity index (χ4v) is 2.96. The predicted octanol–water partition coefficient (Wildman–Crippen LogP) is 4.65. The lowest BCUT2D eigenvalue weighted by Gasteiger charge is -2.14. The second-order valence-corrected chi connectivity index (χ2v) is 6.52. The van der Waals surface area contributed by atoms with E-state index in [2.05, 4.69) is 20.9 Å². The number of nitrogens with zero attached hydrogens (tertiary/aromatic N) is 2. The van der Waals surface area contributed by atoms with E-state index in [1.165, 1.54) is 29.1 Å². The predicted molar refractivity (Wildman–Crippen MR) is 97.5 cm³/mol. The lowest BCUT2D eigenvalue weighted by molar-refractivity contribution is -0.138. The van der Waals surface area contributed by atoms with Gasteiger partial charge in [0.15, 0.2) is 0 Å². The molecule has 0 aliphatic heterocycles. The van der Waals surface area contributed by atoms with Gasteiger partial charge < -0.3 is 4.74 Å². The van der Waals surface area contributed by atoms with Crippen LogP contribution in [0.5, 0.6) is 5.88 Å². The molecule has 0 N–H and O–H groups in total. The van der Waals surface area contributed by atoms with Gasteiger partial charge in [0, 0.05) is 5.56 Å². The van der Waals surface area contributed by atoms with E-state index < -0.39 is 11.7 Å². The highest BCUT2D eigenvalue weighted by Gasteiger charge is 2.33. The molecule has 0 fully saturated rings. The van der Waals surface area contributed by atoms with E-state index >= 15 is 0 Å². The largest absolute Gasteiger partial charge is 0.472 e. The molecule has 0 atom stereocenters. The van der Waals surface area contributed by atoms with E-state index in [1.807, 2.05) is 30.3 Å². The lowest BCUT2D eigenvalue weighted by atomic mass is 10.1. The Hall–Kier alpha value is -2.61. The first-order valence-electron chi connectivity index (χ1n) is 7.93. The summed E-state index contributed by atoms with van der Waals surface area (Å²) in [6.45, 7) is -0.0358. The summed E-state index contributed by atoms with van der Waals surface area (Å²) in [4.78, 5) is 16.5. The summed E-state index contributed by atoms with van der Waals surface area (Å²) >= 11 is 3.13. The van der Waals surface area contributed by atoms with Gasteiger partial charge in [-0.15, -0.1) is 0 Å². The zero-order chi connectivity index (χ0) is 19.4. The van der Waals surface area contributed by atoms with Crippen LogP contribution in [-0.2, 0) is 19.3 Å². The standard InChI is InChI=1S/C19H14BrF3N2O2/c20-16-17(27-11-14-8-4-5-9-15(14)19(21,22)23)24-12-25(18(16)26)10-13-6-2-1-3-7-13/h1-9,12H,10-11H2. The number of alkyl halides is 3. The highest BCUT2D eigenvalue weighted by molar-refractivity contribution is 9.10.